The summed E-state index contributed by atoms with van der Waals surface area (Å²) in [5.41, 5.74) is 11.2. The van der Waals surface area contributed by atoms with Crippen LogP contribution in [0.5, 0.6) is 11.6 Å². The molecule has 0 saturated carbocycles. The molecule has 29 heavy (non-hydrogen) atoms. The number of ether oxygens (including phenoxy) is 1. The van der Waals surface area contributed by atoms with Crippen LogP contribution in [0, 0.1) is 0 Å². The van der Waals surface area contributed by atoms with Crippen LogP contribution in [0.25, 0.3) is 11.4 Å². The molecule has 2 heterocycles. The van der Waals surface area contributed by atoms with Crippen LogP contribution in [0.15, 0.2) is 48.7 Å². The Morgan fingerprint density at radius 2 is 1.83 bits per heavy atom. The van der Waals surface area contributed by atoms with Crippen LogP contribution in [0.4, 0.5) is 5.82 Å². The molecule has 148 valence electrons. The zero-order valence-electron chi connectivity index (χ0n) is 15.3. The number of hydrogen-bond donors (Lipinski definition) is 3. The number of nitrogens with zero attached hydrogens (tertiary/aromatic N) is 3. The molecule has 3 aromatic rings. The van der Waals surface area contributed by atoms with Crippen molar-refractivity contribution in [3.8, 4) is 23.0 Å². The third kappa shape index (κ3) is 5.17. The zero-order valence-corrected chi connectivity index (χ0v) is 16.1. The fourth-order valence-electron chi connectivity index (χ4n) is 2.28. The molecule has 5 N–H and O–H groups in total. The van der Waals surface area contributed by atoms with E-state index in [9.17, 15) is 9.59 Å². The van der Waals surface area contributed by atoms with Crippen molar-refractivity contribution >= 4 is 29.2 Å². The lowest BCUT2D eigenvalue weighted by atomic mass is 10.2. The van der Waals surface area contributed by atoms with Gasteiger partial charge in [0.05, 0.1) is 5.02 Å². The van der Waals surface area contributed by atoms with Gasteiger partial charge in [0.15, 0.2) is 5.82 Å². The number of halogens is 1. The van der Waals surface area contributed by atoms with Gasteiger partial charge in [0.2, 0.25) is 11.8 Å². The van der Waals surface area contributed by atoms with Crippen molar-refractivity contribution in [1.29, 1.82) is 0 Å². The Morgan fingerprint density at radius 1 is 1.10 bits per heavy atom. The van der Waals surface area contributed by atoms with Crippen LogP contribution < -0.4 is 21.5 Å². The van der Waals surface area contributed by atoms with E-state index in [0.29, 0.717) is 22.2 Å². The first-order valence-corrected chi connectivity index (χ1v) is 8.84. The van der Waals surface area contributed by atoms with E-state index in [4.69, 9.17) is 27.8 Å². The number of aromatic nitrogens is 3. The van der Waals surface area contributed by atoms with Gasteiger partial charge >= 0.3 is 0 Å². The van der Waals surface area contributed by atoms with Gasteiger partial charge in [0, 0.05) is 23.9 Å². The SMILES string of the molecule is CC(Nc1cc(C(N)=O)nc(-c2ccc(Oc3ccc(Cl)cn3)cc2)n1)C(N)=O. The maximum absolute atomic E-state index is 11.6. The van der Waals surface area contributed by atoms with E-state index in [2.05, 4.69) is 20.3 Å². The lowest BCUT2D eigenvalue weighted by Crippen LogP contribution is -2.33. The predicted octanol–water partition coefficient (Wildman–Crippen LogP) is 2.37. The third-order valence-corrected chi connectivity index (χ3v) is 4.03. The van der Waals surface area contributed by atoms with E-state index in [0.717, 1.165) is 0 Å². The maximum Gasteiger partial charge on any atom is 0.267 e. The van der Waals surface area contributed by atoms with Gasteiger partial charge in [-0.1, -0.05) is 11.6 Å². The number of nitrogens with one attached hydrogen (secondary N) is 1. The number of pyridine rings is 1. The van der Waals surface area contributed by atoms with Gasteiger partial charge in [0.25, 0.3) is 5.91 Å². The molecular formula is C19H17ClN6O3. The van der Waals surface area contributed by atoms with Gasteiger partial charge in [-0.15, -0.1) is 0 Å². The first-order valence-electron chi connectivity index (χ1n) is 8.46. The number of carbonyl (C=O) groups is 2. The van der Waals surface area contributed by atoms with Crippen LogP contribution in [0.1, 0.15) is 17.4 Å². The molecule has 1 aromatic carbocycles. The summed E-state index contributed by atoms with van der Waals surface area (Å²) < 4.78 is 5.64. The highest BCUT2D eigenvalue weighted by molar-refractivity contribution is 6.30. The normalized spacial score (nSPS) is 11.5. The smallest absolute Gasteiger partial charge is 0.267 e. The molecule has 0 aliphatic rings. The molecule has 2 aromatic heterocycles. The number of benzene rings is 1. The first kappa shape index (κ1) is 20.0. The van der Waals surface area contributed by atoms with Crippen molar-refractivity contribution in [3.05, 3.63) is 59.4 Å². The number of carbonyl (C=O) groups excluding carboxylic acids is 2. The molecule has 0 saturated heterocycles. The van der Waals surface area contributed by atoms with E-state index in [-0.39, 0.29) is 17.3 Å². The summed E-state index contributed by atoms with van der Waals surface area (Å²) in [7, 11) is 0. The predicted molar refractivity (Wildman–Crippen MR) is 108 cm³/mol. The molecular weight excluding hydrogens is 396 g/mol. The quantitative estimate of drug-likeness (QED) is 0.539. The van der Waals surface area contributed by atoms with Crippen molar-refractivity contribution in [1.82, 2.24) is 15.0 Å². The second kappa shape index (κ2) is 8.53. The summed E-state index contributed by atoms with van der Waals surface area (Å²) in [4.78, 5) is 35.5. The molecule has 2 amide bonds. The minimum Gasteiger partial charge on any atom is -0.439 e. The van der Waals surface area contributed by atoms with E-state index in [1.807, 2.05) is 0 Å². The summed E-state index contributed by atoms with van der Waals surface area (Å²) >= 11 is 5.80. The topological polar surface area (TPSA) is 146 Å². The number of anilines is 1. The highest BCUT2D eigenvalue weighted by Crippen LogP contribution is 2.25. The van der Waals surface area contributed by atoms with Crippen LogP contribution in [-0.2, 0) is 4.79 Å². The average molecular weight is 413 g/mol. The Hall–Kier alpha value is -3.72. The van der Waals surface area contributed by atoms with E-state index in [1.165, 1.54) is 12.3 Å². The molecule has 0 bridgehead atoms. The maximum atomic E-state index is 11.6. The first-order chi connectivity index (χ1) is 13.8. The number of hydrogen-bond acceptors (Lipinski definition) is 7. The van der Waals surface area contributed by atoms with Crippen molar-refractivity contribution in [2.75, 3.05) is 5.32 Å². The summed E-state index contributed by atoms with van der Waals surface area (Å²) in [6, 6.07) is 10.8. The van der Waals surface area contributed by atoms with Crippen molar-refractivity contribution in [3.63, 3.8) is 0 Å². The van der Waals surface area contributed by atoms with Gasteiger partial charge in [-0.25, -0.2) is 15.0 Å². The summed E-state index contributed by atoms with van der Waals surface area (Å²) in [6.45, 7) is 1.57. The molecule has 0 spiro atoms. The highest BCUT2D eigenvalue weighted by Gasteiger charge is 2.14. The zero-order chi connectivity index (χ0) is 21.0. The molecule has 0 aliphatic carbocycles. The van der Waals surface area contributed by atoms with Gasteiger partial charge in [-0.2, -0.15) is 0 Å². The average Bonchev–Trinajstić information content (AvgIpc) is 2.70. The molecule has 1 unspecified atom stereocenters. The van der Waals surface area contributed by atoms with Crippen LogP contribution >= 0.6 is 11.6 Å². The third-order valence-electron chi connectivity index (χ3n) is 3.80. The fourth-order valence-corrected chi connectivity index (χ4v) is 2.40. The van der Waals surface area contributed by atoms with Crippen molar-refractivity contribution in [2.45, 2.75) is 13.0 Å². The second-order valence-electron chi connectivity index (χ2n) is 6.04. The lowest BCUT2D eigenvalue weighted by Gasteiger charge is -2.13. The van der Waals surface area contributed by atoms with Crippen molar-refractivity contribution < 1.29 is 14.3 Å². The monoisotopic (exact) mass is 412 g/mol. The standard InChI is InChI=1S/C19H17ClN6O3/c1-10(17(21)27)24-15-8-14(18(22)28)25-19(26-15)11-2-5-13(6-3-11)29-16-7-4-12(20)9-23-16/h2-10H,1H3,(H2,21,27)(H2,22,28)(H,24,25,26). The highest BCUT2D eigenvalue weighted by atomic mass is 35.5. The number of amides is 2. The van der Waals surface area contributed by atoms with Gasteiger partial charge < -0.3 is 21.5 Å². The molecule has 1 atom stereocenters. The molecule has 0 aliphatic heterocycles. The summed E-state index contributed by atoms with van der Waals surface area (Å²) in [5, 5.41) is 3.33. The van der Waals surface area contributed by atoms with Gasteiger partial charge in [-0.05, 0) is 37.3 Å². The molecule has 9 nitrogen and oxygen atoms in total. The Balaban J connectivity index is 1.86. The second-order valence-corrected chi connectivity index (χ2v) is 6.47. The molecule has 0 radical (unpaired) electrons. The lowest BCUT2D eigenvalue weighted by molar-refractivity contribution is -0.118. The largest absolute Gasteiger partial charge is 0.439 e. The number of nitrogens with two attached hydrogens (primary N) is 2. The van der Waals surface area contributed by atoms with Crippen LogP contribution in [0.3, 0.4) is 0 Å². The Labute approximate surface area is 171 Å². The van der Waals surface area contributed by atoms with E-state index in [1.54, 1.807) is 43.3 Å². The summed E-state index contributed by atoms with van der Waals surface area (Å²) in [6.07, 6.45) is 1.48. The number of rotatable bonds is 7. The van der Waals surface area contributed by atoms with Gasteiger partial charge in [-0.3, -0.25) is 9.59 Å². The van der Waals surface area contributed by atoms with Crippen LogP contribution in [-0.4, -0.2) is 32.8 Å². The number of primary amides is 2. The van der Waals surface area contributed by atoms with E-state index < -0.39 is 17.9 Å². The Bertz CT molecular complexity index is 1040. The fraction of sp³-hybridized carbons (Fsp3) is 0.105. The van der Waals surface area contributed by atoms with E-state index >= 15 is 0 Å². The van der Waals surface area contributed by atoms with Crippen LogP contribution in [0.2, 0.25) is 5.02 Å². The van der Waals surface area contributed by atoms with Gasteiger partial charge in [0.1, 0.15) is 23.3 Å². The Morgan fingerprint density at radius 3 is 2.41 bits per heavy atom. The minimum atomic E-state index is -0.725. The minimum absolute atomic E-state index is 0.000129. The molecule has 10 heteroatoms. The molecule has 3 rings (SSSR count). The van der Waals surface area contributed by atoms with Crippen molar-refractivity contribution in [2.24, 2.45) is 11.5 Å². The Kier molecular flexibility index (Phi) is 5.89. The summed E-state index contributed by atoms with van der Waals surface area (Å²) in [5.74, 6) is 0.133. The molecule has 0 fully saturated rings.